The highest BCUT2D eigenvalue weighted by Crippen LogP contribution is 2.21. The molecule has 7 heteroatoms. The molecule has 1 fully saturated rings. The van der Waals surface area contributed by atoms with Crippen molar-refractivity contribution >= 4 is 10.9 Å². The summed E-state index contributed by atoms with van der Waals surface area (Å²) in [5.74, 6) is 0.744. The van der Waals surface area contributed by atoms with E-state index in [1.807, 2.05) is 54.1 Å². The van der Waals surface area contributed by atoms with E-state index >= 15 is 0 Å². The smallest absolute Gasteiger partial charge is 0.258 e. The molecule has 5 rings (SSSR count). The molecule has 0 radical (unpaired) electrons. The molecule has 7 nitrogen and oxygen atoms in total. The number of fused-ring (bicyclic) bond motifs is 1. The fraction of sp³-hybridized carbons (Fsp3) is 0.304. The van der Waals surface area contributed by atoms with E-state index < -0.39 is 0 Å². The molecular formula is C23H25N6O+. The van der Waals surface area contributed by atoms with Crippen LogP contribution < -0.4 is 10.5 Å². The third kappa shape index (κ3) is 3.41. The van der Waals surface area contributed by atoms with E-state index in [1.165, 1.54) is 4.90 Å². The maximum atomic E-state index is 13.2. The number of nitrogens with zero attached hydrogens (tertiary/aromatic N) is 4. The van der Waals surface area contributed by atoms with E-state index in [-0.39, 0.29) is 11.6 Å². The summed E-state index contributed by atoms with van der Waals surface area (Å²) in [5.41, 5.74) is 3.76. The molecule has 1 saturated heterocycles. The van der Waals surface area contributed by atoms with E-state index in [9.17, 15) is 4.79 Å². The number of likely N-dealkylation sites (tertiary alicyclic amines) is 1. The van der Waals surface area contributed by atoms with Gasteiger partial charge in [0.1, 0.15) is 0 Å². The lowest BCUT2D eigenvalue weighted by atomic mass is 10.0. The van der Waals surface area contributed by atoms with E-state index in [0.717, 1.165) is 59.3 Å². The van der Waals surface area contributed by atoms with Crippen molar-refractivity contribution in [3.8, 4) is 0 Å². The van der Waals surface area contributed by atoms with Gasteiger partial charge in [-0.1, -0.05) is 48.5 Å². The van der Waals surface area contributed by atoms with Crippen LogP contribution in [0.25, 0.3) is 10.9 Å². The lowest BCUT2D eigenvalue weighted by Gasteiger charge is -2.23. The molecule has 152 valence electrons. The second-order valence-electron chi connectivity index (χ2n) is 8.07. The first kappa shape index (κ1) is 18.7. The second-order valence-corrected chi connectivity index (χ2v) is 8.07. The standard InChI is InChI=1S/C23H24N6O/c1-16-8-7-11-18-14-19(23(30)24-20(16)18)21(28-12-5-6-13-28)22-25-26-27-29(22)15-17-9-3-2-4-10-17/h2-4,7-11,14,21H,5-6,12-13,15H2,1H3,(H,24,30)/p+1/t21-/m0/s1. The number of rotatable bonds is 5. The zero-order chi connectivity index (χ0) is 20.5. The number of para-hydroxylation sites is 1. The average Bonchev–Trinajstić information content (AvgIpc) is 3.44. The van der Waals surface area contributed by atoms with E-state index in [4.69, 9.17) is 0 Å². The van der Waals surface area contributed by atoms with Crippen molar-refractivity contribution in [1.82, 2.24) is 25.2 Å². The number of hydrogen-bond donors (Lipinski definition) is 2. The van der Waals surface area contributed by atoms with Crippen LogP contribution in [0.15, 0.2) is 59.4 Å². The Balaban J connectivity index is 1.63. The van der Waals surface area contributed by atoms with Crippen LogP contribution in [0.3, 0.4) is 0 Å². The normalized spacial score (nSPS) is 15.6. The first-order valence-electron chi connectivity index (χ1n) is 10.5. The molecule has 2 aromatic carbocycles. The number of aromatic nitrogens is 5. The third-order valence-electron chi connectivity index (χ3n) is 6.07. The molecule has 2 aromatic heterocycles. The Kier molecular flexibility index (Phi) is 4.88. The van der Waals surface area contributed by atoms with Gasteiger partial charge in [0.05, 0.1) is 30.7 Å². The molecule has 4 aromatic rings. The van der Waals surface area contributed by atoms with Crippen molar-refractivity contribution in [3.63, 3.8) is 0 Å². The molecule has 0 bridgehead atoms. The van der Waals surface area contributed by atoms with Gasteiger partial charge >= 0.3 is 0 Å². The number of quaternary nitrogens is 1. The van der Waals surface area contributed by atoms with Gasteiger partial charge in [-0.2, -0.15) is 0 Å². The van der Waals surface area contributed by atoms with Crippen molar-refractivity contribution in [3.05, 3.63) is 87.5 Å². The first-order valence-corrected chi connectivity index (χ1v) is 10.5. The van der Waals surface area contributed by atoms with Gasteiger partial charge in [-0.05, 0) is 39.9 Å². The Morgan fingerprint density at radius 1 is 1.10 bits per heavy atom. The second kappa shape index (κ2) is 7.84. The van der Waals surface area contributed by atoms with Crippen LogP contribution in [-0.2, 0) is 6.54 Å². The number of nitrogens with one attached hydrogen (secondary N) is 2. The average molecular weight is 401 g/mol. The Morgan fingerprint density at radius 2 is 1.90 bits per heavy atom. The largest absolute Gasteiger partial charge is 0.322 e. The SMILES string of the molecule is Cc1cccc2cc([C@@H](c3nnnn3Cc3ccccc3)[NH+]3CCCC3)c(=O)[nH]c12. The molecule has 0 amide bonds. The van der Waals surface area contributed by atoms with Crippen LogP contribution >= 0.6 is 0 Å². The minimum Gasteiger partial charge on any atom is -0.322 e. The number of tetrazole rings is 1. The molecule has 0 aliphatic carbocycles. The number of benzene rings is 2. The zero-order valence-electron chi connectivity index (χ0n) is 17.0. The Morgan fingerprint density at radius 3 is 2.70 bits per heavy atom. The number of aromatic amines is 1. The van der Waals surface area contributed by atoms with Gasteiger partial charge in [0.15, 0.2) is 6.04 Å². The van der Waals surface area contributed by atoms with Crippen LogP contribution in [-0.4, -0.2) is 38.3 Å². The molecule has 1 aliphatic rings. The van der Waals surface area contributed by atoms with Crippen molar-refractivity contribution in [2.24, 2.45) is 0 Å². The van der Waals surface area contributed by atoms with Gasteiger partial charge in [-0.25, -0.2) is 4.68 Å². The summed E-state index contributed by atoms with van der Waals surface area (Å²) < 4.78 is 1.84. The monoisotopic (exact) mass is 401 g/mol. The highest BCUT2D eigenvalue weighted by molar-refractivity contribution is 5.82. The third-order valence-corrected chi connectivity index (χ3v) is 6.07. The molecule has 0 saturated carbocycles. The zero-order valence-corrected chi connectivity index (χ0v) is 17.0. The van der Waals surface area contributed by atoms with Crippen LogP contribution in [0.4, 0.5) is 0 Å². The predicted octanol–water partition coefficient (Wildman–Crippen LogP) is 1.64. The summed E-state index contributed by atoms with van der Waals surface area (Å²) in [5, 5.41) is 13.7. The Hall–Kier alpha value is -3.32. The van der Waals surface area contributed by atoms with Gasteiger partial charge in [-0.3, -0.25) is 4.79 Å². The Labute approximate surface area is 174 Å². The highest BCUT2D eigenvalue weighted by Gasteiger charge is 2.35. The summed E-state index contributed by atoms with van der Waals surface area (Å²) >= 11 is 0. The topological polar surface area (TPSA) is 80.9 Å². The van der Waals surface area contributed by atoms with Crippen molar-refractivity contribution in [2.45, 2.75) is 32.4 Å². The first-order chi connectivity index (χ1) is 14.7. The van der Waals surface area contributed by atoms with Gasteiger partial charge in [0.25, 0.3) is 5.56 Å². The summed E-state index contributed by atoms with van der Waals surface area (Å²) in [7, 11) is 0. The van der Waals surface area contributed by atoms with E-state index in [2.05, 4.69) is 32.6 Å². The van der Waals surface area contributed by atoms with E-state index in [0.29, 0.717) is 6.54 Å². The minimum absolute atomic E-state index is 0.0598. The summed E-state index contributed by atoms with van der Waals surface area (Å²) in [4.78, 5) is 17.7. The van der Waals surface area contributed by atoms with Gasteiger partial charge in [-0.15, -0.1) is 5.10 Å². The number of pyridine rings is 1. The summed E-state index contributed by atoms with van der Waals surface area (Å²) in [6.07, 6.45) is 2.30. The number of aryl methyl sites for hydroxylation is 1. The maximum absolute atomic E-state index is 13.2. The van der Waals surface area contributed by atoms with Crippen molar-refractivity contribution in [1.29, 1.82) is 0 Å². The van der Waals surface area contributed by atoms with Gasteiger partial charge < -0.3 is 9.88 Å². The lowest BCUT2D eigenvalue weighted by molar-refractivity contribution is -0.914. The van der Waals surface area contributed by atoms with Gasteiger partial charge in [0, 0.05) is 12.8 Å². The fourth-order valence-electron chi connectivity index (χ4n) is 4.56. The maximum Gasteiger partial charge on any atom is 0.258 e. The molecule has 3 heterocycles. The predicted molar refractivity (Wildman–Crippen MR) is 114 cm³/mol. The molecule has 2 N–H and O–H groups in total. The molecule has 0 spiro atoms. The van der Waals surface area contributed by atoms with Gasteiger partial charge in [0.2, 0.25) is 5.82 Å². The quantitative estimate of drug-likeness (QED) is 0.533. The number of H-pyrrole nitrogens is 1. The molecule has 1 aliphatic heterocycles. The van der Waals surface area contributed by atoms with Crippen LogP contribution in [0.5, 0.6) is 0 Å². The minimum atomic E-state index is -0.195. The highest BCUT2D eigenvalue weighted by atomic mass is 16.1. The molecule has 1 atom stereocenters. The fourth-order valence-corrected chi connectivity index (χ4v) is 4.56. The molecule has 0 unspecified atom stereocenters. The number of hydrogen-bond acceptors (Lipinski definition) is 4. The summed E-state index contributed by atoms with van der Waals surface area (Å²) in [6.45, 7) is 4.61. The lowest BCUT2D eigenvalue weighted by Crippen LogP contribution is -3.10. The van der Waals surface area contributed by atoms with Crippen LogP contribution in [0.1, 0.15) is 41.4 Å². The van der Waals surface area contributed by atoms with Crippen molar-refractivity contribution < 1.29 is 4.90 Å². The van der Waals surface area contributed by atoms with Crippen molar-refractivity contribution in [2.75, 3.05) is 13.1 Å². The van der Waals surface area contributed by atoms with E-state index in [1.54, 1.807) is 0 Å². The molecular weight excluding hydrogens is 376 g/mol. The summed E-state index contributed by atoms with van der Waals surface area (Å²) in [6, 6.07) is 18.1. The molecule has 30 heavy (non-hydrogen) atoms. The Bertz CT molecular complexity index is 1220. The van der Waals surface area contributed by atoms with Crippen LogP contribution in [0, 0.1) is 6.92 Å². The van der Waals surface area contributed by atoms with Crippen LogP contribution in [0.2, 0.25) is 0 Å².